The van der Waals surface area contributed by atoms with Gasteiger partial charge in [-0.25, -0.2) is 0 Å². The Morgan fingerprint density at radius 1 is 0.967 bits per heavy atom. The monoisotopic (exact) mass is 428 g/mol. The molecule has 154 valence electrons. The molecule has 3 rings (SSSR count). The Balaban J connectivity index is 1.82. The molecule has 0 bridgehead atoms. The van der Waals surface area contributed by atoms with E-state index in [1.165, 1.54) is 61.7 Å². The van der Waals surface area contributed by atoms with E-state index in [1.54, 1.807) is 12.1 Å². The molecule has 0 heterocycles. The van der Waals surface area contributed by atoms with Crippen molar-refractivity contribution in [3.63, 3.8) is 0 Å². The molecule has 0 fully saturated rings. The first-order valence-electron chi connectivity index (χ1n) is 8.53. The Hall–Kier alpha value is -3.92. The second-order valence-electron chi connectivity index (χ2n) is 5.97. The highest BCUT2D eigenvalue weighted by Crippen LogP contribution is 2.25. The van der Waals surface area contributed by atoms with E-state index in [9.17, 15) is 23.3 Å². The highest BCUT2D eigenvalue weighted by Gasteiger charge is 2.20. The van der Waals surface area contributed by atoms with Crippen molar-refractivity contribution >= 4 is 27.4 Å². The lowest BCUT2D eigenvalue weighted by atomic mass is 10.2. The van der Waals surface area contributed by atoms with Crippen LogP contribution < -0.4 is 14.2 Å². The first-order chi connectivity index (χ1) is 14.3. The Morgan fingerprint density at radius 2 is 1.63 bits per heavy atom. The van der Waals surface area contributed by atoms with Crippen LogP contribution in [0.4, 0.5) is 11.4 Å². The van der Waals surface area contributed by atoms with Gasteiger partial charge < -0.3 is 14.2 Å². The van der Waals surface area contributed by atoms with E-state index in [-0.39, 0.29) is 27.6 Å². The fraction of sp³-hybridized carbons (Fsp3) is 0.0500. The van der Waals surface area contributed by atoms with E-state index in [0.29, 0.717) is 5.75 Å². The summed E-state index contributed by atoms with van der Waals surface area (Å²) in [5, 5.41) is 13.5. The van der Waals surface area contributed by atoms with Crippen LogP contribution in [0.2, 0.25) is 0 Å². The summed E-state index contributed by atoms with van der Waals surface area (Å²) < 4.78 is 35.2. The lowest BCUT2D eigenvalue weighted by Crippen LogP contribution is -2.15. The number of nitrogens with one attached hydrogen (secondary N) is 1. The molecule has 3 aromatic rings. The van der Waals surface area contributed by atoms with Gasteiger partial charge in [-0.3, -0.25) is 14.9 Å². The van der Waals surface area contributed by atoms with Gasteiger partial charge in [0, 0.05) is 11.6 Å². The maximum absolute atomic E-state index is 12.6. The summed E-state index contributed by atoms with van der Waals surface area (Å²) in [7, 11) is -2.73. The van der Waals surface area contributed by atoms with E-state index < -0.39 is 20.9 Å². The first-order valence-corrected chi connectivity index (χ1v) is 9.94. The molecule has 3 aromatic carbocycles. The van der Waals surface area contributed by atoms with Gasteiger partial charge in [-0.15, -0.1) is 0 Å². The average molecular weight is 428 g/mol. The van der Waals surface area contributed by atoms with Gasteiger partial charge in [0.15, 0.2) is 0 Å². The van der Waals surface area contributed by atoms with E-state index in [2.05, 4.69) is 5.32 Å². The number of methoxy groups -OCH3 is 1. The minimum Gasteiger partial charge on any atom is -0.497 e. The summed E-state index contributed by atoms with van der Waals surface area (Å²) in [6.07, 6.45) is 0. The number of anilines is 1. The van der Waals surface area contributed by atoms with Crippen LogP contribution >= 0.6 is 0 Å². The van der Waals surface area contributed by atoms with Crippen LogP contribution in [0.15, 0.2) is 77.7 Å². The van der Waals surface area contributed by atoms with Crippen molar-refractivity contribution in [3.8, 4) is 11.5 Å². The lowest BCUT2D eigenvalue weighted by Gasteiger charge is -2.10. The maximum atomic E-state index is 12.6. The molecule has 0 aliphatic rings. The summed E-state index contributed by atoms with van der Waals surface area (Å²) in [5.41, 5.74) is -0.291. The van der Waals surface area contributed by atoms with Crippen molar-refractivity contribution in [2.45, 2.75) is 4.90 Å². The third-order valence-electron chi connectivity index (χ3n) is 4.00. The number of nitro benzene ring substituents is 1. The van der Waals surface area contributed by atoms with Gasteiger partial charge in [-0.1, -0.05) is 18.2 Å². The molecule has 0 aliphatic heterocycles. The molecule has 1 amide bonds. The number of hydrogen-bond donors (Lipinski definition) is 1. The number of nitrogens with zero attached hydrogens (tertiary/aromatic N) is 1. The van der Waals surface area contributed by atoms with E-state index >= 15 is 0 Å². The number of benzene rings is 3. The number of ether oxygens (including phenoxy) is 1. The number of para-hydroxylation sites is 2. The van der Waals surface area contributed by atoms with Gasteiger partial charge in [-0.05, 0) is 48.5 Å². The number of carbonyl (C=O) groups is 1. The number of amides is 1. The minimum absolute atomic E-state index is 0.00440. The molecule has 0 spiro atoms. The van der Waals surface area contributed by atoms with Crippen LogP contribution in [0.1, 0.15) is 10.4 Å². The molecular formula is C20H16N2O7S. The SMILES string of the molecule is COc1ccc(OS(=O)(=O)c2cccc(C(=O)Nc3ccccc3[N+](=O)[O-])c2)cc1. The van der Waals surface area contributed by atoms with Gasteiger partial charge >= 0.3 is 10.1 Å². The zero-order chi connectivity index (χ0) is 21.7. The summed E-state index contributed by atoms with van der Waals surface area (Å²) >= 11 is 0. The molecule has 0 radical (unpaired) electrons. The summed E-state index contributed by atoms with van der Waals surface area (Å²) in [5.74, 6) is -0.0928. The fourth-order valence-corrected chi connectivity index (χ4v) is 3.51. The van der Waals surface area contributed by atoms with Crippen molar-refractivity contribution in [2.24, 2.45) is 0 Å². The maximum Gasteiger partial charge on any atom is 0.339 e. The van der Waals surface area contributed by atoms with Gasteiger partial charge in [0.25, 0.3) is 11.6 Å². The van der Waals surface area contributed by atoms with Crippen LogP contribution in [-0.4, -0.2) is 26.4 Å². The highest BCUT2D eigenvalue weighted by molar-refractivity contribution is 7.87. The van der Waals surface area contributed by atoms with E-state index in [0.717, 1.165) is 6.07 Å². The van der Waals surface area contributed by atoms with Gasteiger partial charge in [0.05, 0.1) is 12.0 Å². The normalized spacial score (nSPS) is 10.8. The van der Waals surface area contributed by atoms with Gasteiger partial charge in [0.1, 0.15) is 22.1 Å². The standard InChI is InChI=1S/C20H16N2O7S/c1-28-15-9-11-16(12-10-15)29-30(26,27)17-6-4-5-14(13-17)20(23)21-18-7-2-3-8-19(18)22(24)25/h2-13H,1H3,(H,21,23). The topological polar surface area (TPSA) is 125 Å². The van der Waals surface area contributed by atoms with Gasteiger partial charge in [-0.2, -0.15) is 8.42 Å². The Bertz CT molecular complexity index is 1190. The zero-order valence-corrected chi connectivity index (χ0v) is 16.5. The average Bonchev–Trinajstić information content (AvgIpc) is 2.74. The molecule has 9 nitrogen and oxygen atoms in total. The van der Waals surface area contributed by atoms with Crippen LogP contribution in [0, 0.1) is 10.1 Å². The number of hydrogen-bond acceptors (Lipinski definition) is 7. The van der Waals surface area contributed by atoms with Crippen molar-refractivity contribution < 1.29 is 27.1 Å². The molecule has 1 N–H and O–H groups in total. The molecule has 0 aromatic heterocycles. The predicted octanol–water partition coefficient (Wildman–Crippen LogP) is 3.62. The zero-order valence-electron chi connectivity index (χ0n) is 15.6. The highest BCUT2D eigenvalue weighted by atomic mass is 32.2. The van der Waals surface area contributed by atoms with E-state index in [1.807, 2.05) is 0 Å². The quantitative estimate of drug-likeness (QED) is 0.346. The third-order valence-corrected chi connectivity index (χ3v) is 5.24. The van der Waals surface area contributed by atoms with Crippen molar-refractivity contribution in [3.05, 3.63) is 88.5 Å². The molecule has 0 atom stereocenters. The smallest absolute Gasteiger partial charge is 0.339 e. The van der Waals surface area contributed by atoms with Crippen LogP contribution in [0.3, 0.4) is 0 Å². The molecule has 0 saturated carbocycles. The second kappa shape index (κ2) is 8.62. The second-order valence-corrected chi connectivity index (χ2v) is 7.52. The fourth-order valence-electron chi connectivity index (χ4n) is 2.53. The predicted molar refractivity (Wildman–Crippen MR) is 108 cm³/mol. The molecule has 0 aliphatic carbocycles. The van der Waals surface area contributed by atoms with Gasteiger partial charge in [0.2, 0.25) is 0 Å². The lowest BCUT2D eigenvalue weighted by molar-refractivity contribution is -0.383. The molecule has 30 heavy (non-hydrogen) atoms. The Kier molecular flexibility index (Phi) is 5.98. The minimum atomic E-state index is -4.21. The molecule has 0 saturated heterocycles. The number of rotatable bonds is 7. The van der Waals surface area contributed by atoms with Crippen LogP contribution in [0.5, 0.6) is 11.5 Å². The van der Waals surface area contributed by atoms with Crippen molar-refractivity contribution in [1.29, 1.82) is 0 Å². The van der Waals surface area contributed by atoms with Crippen molar-refractivity contribution in [2.75, 3.05) is 12.4 Å². The first kappa shape index (κ1) is 20.8. The number of nitro groups is 1. The molecular weight excluding hydrogens is 412 g/mol. The van der Waals surface area contributed by atoms with Crippen LogP contribution in [0.25, 0.3) is 0 Å². The van der Waals surface area contributed by atoms with E-state index in [4.69, 9.17) is 8.92 Å². The largest absolute Gasteiger partial charge is 0.497 e. The summed E-state index contributed by atoms with van der Waals surface area (Å²) in [4.78, 5) is 22.7. The summed E-state index contributed by atoms with van der Waals surface area (Å²) in [6.45, 7) is 0. The Morgan fingerprint density at radius 3 is 2.30 bits per heavy atom. The van der Waals surface area contributed by atoms with Crippen LogP contribution in [-0.2, 0) is 10.1 Å². The summed E-state index contributed by atoms with van der Waals surface area (Å²) in [6, 6.07) is 16.7. The molecule has 10 heteroatoms. The molecule has 0 unspecified atom stereocenters. The Labute approximate surface area is 172 Å². The number of carbonyl (C=O) groups excluding carboxylic acids is 1. The van der Waals surface area contributed by atoms with Crippen molar-refractivity contribution in [1.82, 2.24) is 0 Å². The third kappa shape index (κ3) is 4.73.